The fourth-order valence-electron chi connectivity index (χ4n) is 3.07. The summed E-state index contributed by atoms with van der Waals surface area (Å²) >= 11 is 0. The van der Waals surface area contributed by atoms with E-state index in [0.717, 1.165) is 24.1 Å². The van der Waals surface area contributed by atoms with E-state index in [-0.39, 0.29) is 12.5 Å². The predicted octanol–water partition coefficient (Wildman–Crippen LogP) is 1.08. The van der Waals surface area contributed by atoms with Crippen LogP contribution < -0.4 is 15.5 Å². The molecule has 2 aliphatic heterocycles. The van der Waals surface area contributed by atoms with Crippen LogP contribution in [-0.2, 0) is 16.0 Å². The molecule has 0 aliphatic carbocycles. The molecule has 2 aliphatic rings. The fourth-order valence-corrected chi connectivity index (χ4v) is 3.07. The topological polar surface area (TPSA) is 61.4 Å². The van der Waals surface area contributed by atoms with Crippen molar-refractivity contribution in [2.24, 2.45) is 0 Å². The first kappa shape index (κ1) is 15.9. The van der Waals surface area contributed by atoms with Gasteiger partial charge in [0.2, 0.25) is 11.8 Å². The van der Waals surface area contributed by atoms with Crippen molar-refractivity contribution >= 4 is 17.5 Å². The first-order valence-electron chi connectivity index (χ1n) is 7.73. The average Bonchev–Trinajstić information content (AvgIpc) is 2.92. The molecule has 0 spiro atoms. The number of para-hydroxylation sites is 1. The average molecular weight is 323 g/mol. The van der Waals surface area contributed by atoms with Crippen molar-refractivity contribution in [1.82, 2.24) is 10.6 Å². The molecule has 1 saturated heterocycles. The highest BCUT2D eigenvalue weighted by atomic mass is 19.3. The zero-order valence-corrected chi connectivity index (χ0v) is 12.6. The van der Waals surface area contributed by atoms with Crippen LogP contribution in [0.25, 0.3) is 0 Å². The van der Waals surface area contributed by atoms with E-state index in [1.165, 1.54) is 0 Å². The maximum atomic E-state index is 13.1. The molecule has 1 fully saturated rings. The number of hydrogen-bond donors (Lipinski definition) is 2. The second-order valence-corrected chi connectivity index (χ2v) is 5.99. The number of benzene rings is 1. The highest BCUT2D eigenvalue weighted by molar-refractivity contribution is 5.98. The molecule has 1 aromatic carbocycles. The maximum Gasteiger partial charge on any atom is 0.262 e. The molecule has 7 heteroatoms. The molecule has 2 N–H and O–H groups in total. The Morgan fingerprint density at radius 1 is 1.35 bits per heavy atom. The molecule has 3 rings (SSSR count). The van der Waals surface area contributed by atoms with Crippen molar-refractivity contribution in [1.29, 1.82) is 0 Å². The molecule has 1 unspecified atom stereocenters. The Morgan fingerprint density at radius 3 is 2.87 bits per heavy atom. The van der Waals surface area contributed by atoms with E-state index in [2.05, 4.69) is 10.6 Å². The Balaban J connectivity index is 1.57. The molecule has 5 nitrogen and oxygen atoms in total. The lowest BCUT2D eigenvalue weighted by Crippen LogP contribution is -2.47. The molecule has 0 saturated carbocycles. The van der Waals surface area contributed by atoms with Crippen LogP contribution in [0.3, 0.4) is 0 Å². The van der Waals surface area contributed by atoms with E-state index in [1.54, 1.807) is 4.90 Å². The van der Waals surface area contributed by atoms with Gasteiger partial charge < -0.3 is 10.2 Å². The molecular formula is C16H19F2N3O2. The lowest BCUT2D eigenvalue weighted by atomic mass is 10.0. The molecule has 0 bridgehead atoms. The number of carbonyl (C=O) groups excluding carboxylic acids is 2. The van der Waals surface area contributed by atoms with Gasteiger partial charge >= 0.3 is 0 Å². The Labute approximate surface area is 133 Å². The first-order chi connectivity index (χ1) is 11.0. The summed E-state index contributed by atoms with van der Waals surface area (Å²) in [6, 6.07) is 6.73. The molecule has 1 aromatic rings. The standard InChI is InChI=1S/C16H19F2N3O2/c17-16(18)8-12(20-10-16)15(23)19-9-14(22)21-7-3-5-11-4-1-2-6-13(11)21/h1-2,4,6,12,20H,3,5,7-10H2,(H,19,23). The summed E-state index contributed by atoms with van der Waals surface area (Å²) in [6.45, 7) is -0.0824. The summed E-state index contributed by atoms with van der Waals surface area (Å²) in [7, 11) is 0. The summed E-state index contributed by atoms with van der Waals surface area (Å²) < 4.78 is 26.2. The van der Waals surface area contributed by atoms with Gasteiger partial charge in [0.05, 0.1) is 19.1 Å². The number of nitrogens with zero attached hydrogens (tertiary/aromatic N) is 1. The fraction of sp³-hybridized carbons (Fsp3) is 0.500. The molecule has 124 valence electrons. The molecule has 2 heterocycles. The third kappa shape index (κ3) is 3.50. The van der Waals surface area contributed by atoms with Crippen LogP contribution in [0, 0.1) is 0 Å². The monoisotopic (exact) mass is 323 g/mol. The number of carbonyl (C=O) groups is 2. The SMILES string of the molecule is O=C(NCC(=O)N1CCCc2ccccc21)C1CC(F)(F)CN1. The number of halogens is 2. The Bertz CT molecular complexity index is 621. The van der Waals surface area contributed by atoms with Crippen LogP contribution in [0.5, 0.6) is 0 Å². The van der Waals surface area contributed by atoms with Crippen molar-refractivity contribution in [3.63, 3.8) is 0 Å². The molecular weight excluding hydrogens is 304 g/mol. The van der Waals surface area contributed by atoms with Gasteiger partial charge in [-0.25, -0.2) is 8.78 Å². The van der Waals surface area contributed by atoms with E-state index in [1.807, 2.05) is 24.3 Å². The van der Waals surface area contributed by atoms with Crippen molar-refractivity contribution in [2.75, 3.05) is 24.5 Å². The minimum atomic E-state index is -2.86. The van der Waals surface area contributed by atoms with Gasteiger partial charge in [-0.15, -0.1) is 0 Å². The lowest BCUT2D eigenvalue weighted by Gasteiger charge is -2.29. The first-order valence-corrected chi connectivity index (χ1v) is 7.73. The number of aryl methyl sites for hydroxylation is 1. The lowest BCUT2D eigenvalue weighted by molar-refractivity contribution is -0.126. The van der Waals surface area contributed by atoms with Gasteiger partial charge in [-0.3, -0.25) is 14.9 Å². The van der Waals surface area contributed by atoms with Gasteiger partial charge in [0.15, 0.2) is 0 Å². The van der Waals surface area contributed by atoms with Crippen LogP contribution >= 0.6 is 0 Å². The zero-order valence-electron chi connectivity index (χ0n) is 12.6. The normalized spacial score (nSPS) is 22.5. The van der Waals surface area contributed by atoms with Crippen molar-refractivity contribution < 1.29 is 18.4 Å². The van der Waals surface area contributed by atoms with Crippen LogP contribution in [-0.4, -0.2) is 43.4 Å². The van der Waals surface area contributed by atoms with E-state index in [0.29, 0.717) is 6.54 Å². The summed E-state index contributed by atoms with van der Waals surface area (Å²) in [5.74, 6) is -3.64. The van der Waals surface area contributed by atoms with Gasteiger partial charge in [0.1, 0.15) is 0 Å². The van der Waals surface area contributed by atoms with Gasteiger partial charge in [0.25, 0.3) is 5.92 Å². The van der Waals surface area contributed by atoms with Crippen molar-refractivity contribution in [3.8, 4) is 0 Å². The summed E-state index contributed by atoms with van der Waals surface area (Å²) in [4.78, 5) is 25.9. The minimum absolute atomic E-state index is 0.184. The quantitative estimate of drug-likeness (QED) is 0.875. The van der Waals surface area contributed by atoms with Gasteiger partial charge in [-0.2, -0.15) is 0 Å². The highest BCUT2D eigenvalue weighted by Gasteiger charge is 2.42. The summed E-state index contributed by atoms with van der Waals surface area (Å²) in [5.41, 5.74) is 1.97. The third-order valence-corrected chi connectivity index (χ3v) is 4.25. The van der Waals surface area contributed by atoms with Crippen molar-refractivity contribution in [3.05, 3.63) is 29.8 Å². The number of anilines is 1. The Hall–Kier alpha value is -2.02. The highest BCUT2D eigenvalue weighted by Crippen LogP contribution is 2.27. The van der Waals surface area contributed by atoms with E-state index in [4.69, 9.17) is 0 Å². The van der Waals surface area contributed by atoms with Gasteiger partial charge in [0, 0.05) is 18.7 Å². The van der Waals surface area contributed by atoms with E-state index >= 15 is 0 Å². The van der Waals surface area contributed by atoms with Crippen molar-refractivity contribution in [2.45, 2.75) is 31.2 Å². The Kier molecular flexibility index (Phi) is 4.30. The smallest absolute Gasteiger partial charge is 0.262 e. The molecule has 2 amide bonds. The number of nitrogens with one attached hydrogen (secondary N) is 2. The van der Waals surface area contributed by atoms with Crippen LogP contribution in [0.1, 0.15) is 18.4 Å². The number of alkyl halides is 2. The predicted molar refractivity (Wildman–Crippen MR) is 81.5 cm³/mol. The Morgan fingerprint density at radius 2 is 2.13 bits per heavy atom. The number of amides is 2. The summed E-state index contributed by atoms with van der Waals surface area (Å²) in [5, 5.41) is 4.94. The van der Waals surface area contributed by atoms with E-state index < -0.39 is 30.8 Å². The second kappa shape index (κ2) is 6.23. The minimum Gasteiger partial charge on any atom is -0.346 e. The van der Waals surface area contributed by atoms with E-state index in [9.17, 15) is 18.4 Å². The number of hydrogen-bond acceptors (Lipinski definition) is 3. The van der Waals surface area contributed by atoms with Crippen LogP contribution in [0.15, 0.2) is 24.3 Å². The van der Waals surface area contributed by atoms with Gasteiger partial charge in [-0.05, 0) is 24.5 Å². The van der Waals surface area contributed by atoms with Crippen LogP contribution in [0.2, 0.25) is 0 Å². The molecule has 23 heavy (non-hydrogen) atoms. The largest absolute Gasteiger partial charge is 0.346 e. The second-order valence-electron chi connectivity index (χ2n) is 5.99. The maximum absolute atomic E-state index is 13.1. The number of fused-ring (bicyclic) bond motifs is 1. The number of rotatable bonds is 3. The van der Waals surface area contributed by atoms with Crippen LogP contribution in [0.4, 0.5) is 14.5 Å². The van der Waals surface area contributed by atoms with Gasteiger partial charge in [-0.1, -0.05) is 18.2 Å². The molecule has 0 radical (unpaired) electrons. The summed E-state index contributed by atoms with van der Waals surface area (Å²) in [6.07, 6.45) is 1.26. The third-order valence-electron chi connectivity index (χ3n) is 4.25. The molecule has 0 aromatic heterocycles. The molecule has 1 atom stereocenters. The zero-order chi connectivity index (χ0) is 16.4.